The van der Waals surface area contributed by atoms with Crippen molar-refractivity contribution < 1.29 is 27.8 Å². The van der Waals surface area contributed by atoms with Gasteiger partial charge in [-0.15, -0.1) is 0 Å². The molecule has 0 atom stereocenters. The molecule has 28 heavy (non-hydrogen) atoms. The standard InChI is InChI=1S/C18H17BrClNO6S/c1-26-15-8-13(20)12(19)7-16(15)28(24,25)21-14-6-10(9-3-4-9)5-11(17(14)22)18(23)27-2/h5-9,21-22H,3-4H2,1-2H3. The molecule has 0 heterocycles. The Morgan fingerprint density at radius 3 is 2.50 bits per heavy atom. The minimum atomic E-state index is -4.16. The number of benzene rings is 2. The Hall–Kier alpha value is -1.97. The molecule has 2 N–H and O–H groups in total. The third-order valence-corrected chi connectivity index (χ3v) is 6.91. The molecule has 0 radical (unpaired) electrons. The van der Waals surface area contributed by atoms with E-state index < -0.39 is 21.7 Å². The van der Waals surface area contributed by atoms with Gasteiger partial charge in [0.2, 0.25) is 0 Å². The molecule has 0 saturated heterocycles. The van der Waals surface area contributed by atoms with Crippen LogP contribution in [-0.4, -0.2) is 33.7 Å². The van der Waals surface area contributed by atoms with Gasteiger partial charge >= 0.3 is 5.97 Å². The maximum absolute atomic E-state index is 13.0. The molecule has 1 fully saturated rings. The van der Waals surface area contributed by atoms with Crippen molar-refractivity contribution in [3.05, 3.63) is 44.9 Å². The van der Waals surface area contributed by atoms with Crippen LogP contribution in [0.1, 0.15) is 34.7 Å². The van der Waals surface area contributed by atoms with E-state index >= 15 is 0 Å². The first-order chi connectivity index (χ1) is 13.2. The lowest BCUT2D eigenvalue weighted by atomic mass is 10.0. The number of halogens is 2. The predicted octanol–water partition coefficient (Wildman–Crippen LogP) is 4.28. The number of carbonyl (C=O) groups is 1. The zero-order valence-corrected chi connectivity index (χ0v) is 18.1. The molecule has 0 amide bonds. The van der Waals surface area contributed by atoms with Crippen molar-refractivity contribution in [1.82, 2.24) is 0 Å². The van der Waals surface area contributed by atoms with Crippen LogP contribution in [0.25, 0.3) is 0 Å². The van der Waals surface area contributed by atoms with Crippen molar-refractivity contribution in [2.45, 2.75) is 23.7 Å². The Balaban J connectivity index is 2.09. The second-order valence-corrected chi connectivity index (χ2v) is 9.17. The maximum Gasteiger partial charge on any atom is 0.341 e. The highest BCUT2D eigenvalue weighted by molar-refractivity contribution is 9.10. The summed E-state index contributed by atoms with van der Waals surface area (Å²) in [6, 6.07) is 5.71. The van der Waals surface area contributed by atoms with E-state index in [1.54, 1.807) is 0 Å². The van der Waals surface area contributed by atoms with Gasteiger partial charge in [0.1, 0.15) is 16.2 Å². The average molecular weight is 491 g/mol. The first-order valence-electron chi connectivity index (χ1n) is 8.19. The summed E-state index contributed by atoms with van der Waals surface area (Å²) >= 11 is 9.19. The summed E-state index contributed by atoms with van der Waals surface area (Å²) in [6.45, 7) is 0. The van der Waals surface area contributed by atoms with Crippen LogP contribution in [0, 0.1) is 0 Å². The van der Waals surface area contributed by atoms with Gasteiger partial charge in [-0.05, 0) is 58.5 Å². The molecule has 1 saturated carbocycles. The van der Waals surface area contributed by atoms with Gasteiger partial charge in [-0.1, -0.05) is 11.6 Å². The van der Waals surface area contributed by atoms with E-state index in [0.29, 0.717) is 4.47 Å². The first-order valence-corrected chi connectivity index (χ1v) is 10.8. The van der Waals surface area contributed by atoms with Crippen molar-refractivity contribution in [3.8, 4) is 11.5 Å². The summed E-state index contributed by atoms with van der Waals surface area (Å²) in [4.78, 5) is 11.8. The van der Waals surface area contributed by atoms with E-state index in [9.17, 15) is 18.3 Å². The largest absolute Gasteiger partial charge is 0.505 e. The molecular formula is C18H17BrClNO6S. The summed E-state index contributed by atoms with van der Waals surface area (Å²) in [6.07, 6.45) is 1.85. The van der Waals surface area contributed by atoms with Crippen molar-refractivity contribution in [2.24, 2.45) is 0 Å². The van der Waals surface area contributed by atoms with Gasteiger partial charge in [0, 0.05) is 10.5 Å². The fourth-order valence-electron chi connectivity index (χ4n) is 2.73. The summed E-state index contributed by atoms with van der Waals surface area (Å²) in [5, 5.41) is 10.7. The van der Waals surface area contributed by atoms with Gasteiger partial charge in [-0.2, -0.15) is 0 Å². The van der Waals surface area contributed by atoms with Crippen molar-refractivity contribution >= 4 is 49.2 Å². The molecular weight excluding hydrogens is 474 g/mol. The Kier molecular flexibility index (Phi) is 5.79. The number of anilines is 1. The molecule has 3 rings (SSSR count). The van der Waals surface area contributed by atoms with Crippen LogP contribution < -0.4 is 9.46 Å². The normalized spacial score (nSPS) is 13.9. The number of ether oxygens (including phenoxy) is 2. The average Bonchev–Trinajstić information content (AvgIpc) is 3.49. The molecule has 0 aromatic heterocycles. The van der Waals surface area contributed by atoms with E-state index in [-0.39, 0.29) is 32.8 Å². The second-order valence-electron chi connectivity index (χ2n) is 6.25. The lowest BCUT2D eigenvalue weighted by molar-refractivity contribution is 0.0597. The Labute approximate surface area is 175 Å². The number of rotatable bonds is 6. The van der Waals surface area contributed by atoms with Crippen LogP contribution in [0.3, 0.4) is 0 Å². The number of hydrogen-bond acceptors (Lipinski definition) is 6. The predicted molar refractivity (Wildman–Crippen MR) is 108 cm³/mol. The van der Waals surface area contributed by atoms with Gasteiger partial charge in [-0.25, -0.2) is 13.2 Å². The van der Waals surface area contributed by atoms with Crippen molar-refractivity contribution in [1.29, 1.82) is 0 Å². The number of hydrogen-bond donors (Lipinski definition) is 2. The van der Waals surface area contributed by atoms with Crippen molar-refractivity contribution in [3.63, 3.8) is 0 Å². The third-order valence-electron chi connectivity index (χ3n) is 4.33. The van der Waals surface area contributed by atoms with Crippen LogP contribution in [0.4, 0.5) is 5.69 Å². The molecule has 7 nitrogen and oxygen atoms in total. The third kappa shape index (κ3) is 4.06. The summed E-state index contributed by atoms with van der Waals surface area (Å²) in [7, 11) is -1.66. The minimum absolute atomic E-state index is 0.0340. The Morgan fingerprint density at radius 1 is 1.25 bits per heavy atom. The zero-order valence-electron chi connectivity index (χ0n) is 15.0. The highest BCUT2D eigenvalue weighted by Crippen LogP contribution is 2.44. The zero-order chi connectivity index (χ0) is 20.6. The quantitative estimate of drug-likeness (QED) is 0.463. The van der Waals surface area contributed by atoms with E-state index in [4.69, 9.17) is 21.1 Å². The number of methoxy groups -OCH3 is 2. The highest BCUT2D eigenvalue weighted by Gasteiger charge is 2.29. The van der Waals surface area contributed by atoms with Gasteiger partial charge in [0.05, 0.1) is 24.9 Å². The fraction of sp³-hybridized carbons (Fsp3) is 0.278. The first kappa shape index (κ1) is 20.8. The molecule has 2 aromatic carbocycles. The van der Waals surface area contributed by atoms with Gasteiger partial charge in [0.15, 0.2) is 5.75 Å². The number of esters is 1. The monoisotopic (exact) mass is 489 g/mol. The number of phenols is 1. The number of carbonyl (C=O) groups excluding carboxylic acids is 1. The molecule has 0 unspecified atom stereocenters. The smallest absolute Gasteiger partial charge is 0.341 e. The van der Waals surface area contributed by atoms with E-state index in [0.717, 1.165) is 18.4 Å². The highest BCUT2D eigenvalue weighted by atomic mass is 79.9. The maximum atomic E-state index is 13.0. The molecule has 2 aromatic rings. The molecule has 10 heteroatoms. The molecule has 0 aliphatic heterocycles. The molecule has 0 bridgehead atoms. The molecule has 1 aliphatic rings. The van der Waals surface area contributed by atoms with Crippen LogP contribution >= 0.6 is 27.5 Å². The van der Waals surface area contributed by atoms with Crippen LogP contribution in [0.15, 0.2) is 33.6 Å². The van der Waals surface area contributed by atoms with Crippen molar-refractivity contribution in [2.75, 3.05) is 18.9 Å². The molecule has 150 valence electrons. The lowest BCUT2D eigenvalue weighted by Gasteiger charge is -2.16. The Bertz CT molecular complexity index is 1050. The lowest BCUT2D eigenvalue weighted by Crippen LogP contribution is -2.15. The second kappa shape index (κ2) is 7.81. The number of aromatic hydroxyl groups is 1. The fourth-order valence-corrected chi connectivity index (χ4v) is 4.62. The van der Waals surface area contributed by atoms with E-state index in [1.165, 1.54) is 38.5 Å². The summed E-state index contributed by atoms with van der Waals surface area (Å²) in [5.41, 5.74) is 0.534. The molecule has 0 spiro atoms. The van der Waals surface area contributed by atoms with Crippen LogP contribution in [-0.2, 0) is 14.8 Å². The van der Waals surface area contributed by atoms with E-state index in [1.807, 2.05) is 0 Å². The van der Waals surface area contributed by atoms with Gasteiger partial charge < -0.3 is 14.6 Å². The summed E-state index contributed by atoms with van der Waals surface area (Å²) in [5.74, 6) is -1.02. The summed E-state index contributed by atoms with van der Waals surface area (Å²) < 4.78 is 38.4. The number of nitrogens with one attached hydrogen (secondary N) is 1. The topological polar surface area (TPSA) is 102 Å². The number of sulfonamides is 1. The number of phenolic OH excluding ortho intramolecular Hbond substituents is 1. The van der Waals surface area contributed by atoms with Gasteiger partial charge in [-0.3, -0.25) is 4.72 Å². The van der Waals surface area contributed by atoms with Crippen LogP contribution in [0.5, 0.6) is 11.5 Å². The molecule has 1 aliphatic carbocycles. The van der Waals surface area contributed by atoms with Crippen LogP contribution in [0.2, 0.25) is 5.02 Å². The van der Waals surface area contributed by atoms with E-state index in [2.05, 4.69) is 20.7 Å². The minimum Gasteiger partial charge on any atom is -0.505 e. The van der Waals surface area contributed by atoms with Gasteiger partial charge in [0.25, 0.3) is 10.0 Å². The SMILES string of the molecule is COC(=O)c1cc(C2CC2)cc(NS(=O)(=O)c2cc(Br)c(Cl)cc2OC)c1O. The Morgan fingerprint density at radius 2 is 1.93 bits per heavy atom.